The van der Waals surface area contributed by atoms with Gasteiger partial charge in [0.15, 0.2) is 0 Å². The second-order valence-corrected chi connectivity index (χ2v) is 7.06. The summed E-state index contributed by atoms with van der Waals surface area (Å²) in [6, 6.07) is 9.86. The Morgan fingerprint density at radius 2 is 2.00 bits per heavy atom. The normalized spacial score (nSPS) is 22.7. The molecule has 0 aliphatic carbocycles. The van der Waals surface area contributed by atoms with E-state index in [1.165, 1.54) is 0 Å². The van der Waals surface area contributed by atoms with Crippen LogP contribution in [-0.4, -0.2) is 61.6 Å². The summed E-state index contributed by atoms with van der Waals surface area (Å²) < 4.78 is 5.35. The van der Waals surface area contributed by atoms with Crippen LogP contribution in [0.4, 0.5) is 0 Å². The second-order valence-electron chi connectivity index (χ2n) is 7.06. The van der Waals surface area contributed by atoms with E-state index in [-0.39, 0.29) is 29.8 Å². The molecule has 26 heavy (non-hydrogen) atoms. The van der Waals surface area contributed by atoms with Crippen molar-refractivity contribution in [2.24, 2.45) is 0 Å². The van der Waals surface area contributed by atoms with Crippen molar-refractivity contribution in [3.8, 4) is 0 Å². The lowest BCUT2D eigenvalue weighted by Gasteiger charge is -2.35. The molecule has 2 amide bonds. The van der Waals surface area contributed by atoms with Crippen LogP contribution in [0.15, 0.2) is 30.3 Å². The molecule has 6 nitrogen and oxygen atoms in total. The van der Waals surface area contributed by atoms with Crippen molar-refractivity contribution >= 4 is 11.8 Å². The molecule has 2 fully saturated rings. The van der Waals surface area contributed by atoms with Gasteiger partial charge < -0.3 is 20.3 Å². The molecule has 3 rings (SSSR count). The number of nitrogens with zero attached hydrogens (tertiary/aromatic N) is 1. The molecule has 0 radical (unpaired) electrons. The summed E-state index contributed by atoms with van der Waals surface area (Å²) in [6.07, 6.45) is 2.40. The number of hydrogen-bond donors (Lipinski definition) is 2. The largest absolute Gasteiger partial charge is 0.378 e. The predicted octanol–water partition coefficient (Wildman–Crippen LogP) is 1.28. The lowest BCUT2D eigenvalue weighted by Crippen LogP contribution is -2.55. The van der Waals surface area contributed by atoms with Gasteiger partial charge in [0, 0.05) is 25.7 Å². The van der Waals surface area contributed by atoms with E-state index in [0.29, 0.717) is 32.8 Å². The summed E-state index contributed by atoms with van der Waals surface area (Å²) in [5, 5.41) is 6.28. The summed E-state index contributed by atoms with van der Waals surface area (Å²) >= 11 is 0. The van der Waals surface area contributed by atoms with Crippen molar-refractivity contribution in [3.63, 3.8) is 0 Å². The van der Waals surface area contributed by atoms with Crippen molar-refractivity contribution in [1.82, 2.24) is 15.5 Å². The van der Waals surface area contributed by atoms with Gasteiger partial charge in [-0.25, -0.2) is 0 Å². The topological polar surface area (TPSA) is 70.7 Å². The quantitative estimate of drug-likeness (QED) is 0.831. The van der Waals surface area contributed by atoms with Crippen molar-refractivity contribution in [2.75, 3.05) is 32.8 Å². The summed E-state index contributed by atoms with van der Waals surface area (Å²) in [4.78, 5) is 27.2. The number of likely N-dealkylation sites (tertiary alicyclic amines) is 1. The van der Waals surface area contributed by atoms with Gasteiger partial charge in [-0.3, -0.25) is 9.59 Å². The molecule has 1 aromatic rings. The second kappa shape index (κ2) is 9.14. The van der Waals surface area contributed by atoms with Gasteiger partial charge in [-0.15, -0.1) is 0 Å². The average Bonchev–Trinajstić information content (AvgIpc) is 2.70. The van der Waals surface area contributed by atoms with E-state index in [1.54, 1.807) is 0 Å². The Labute approximate surface area is 155 Å². The fourth-order valence-electron chi connectivity index (χ4n) is 3.74. The molecular formula is C20H29N3O3. The van der Waals surface area contributed by atoms with E-state index in [0.717, 1.165) is 24.8 Å². The van der Waals surface area contributed by atoms with Crippen LogP contribution >= 0.6 is 0 Å². The van der Waals surface area contributed by atoms with Gasteiger partial charge in [0.2, 0.25) is 11.8 Å². The highest BCUT2D eigenvalue weighted by Crippen LogP contribution is 2.24. The van der Waals surface area contributed by atoms with E-state index < -0.39 is 0 Å². The third-order valence-corrected chi connectivity index (χ3v) is 5.30. The third-order valence-electron chi connectivity index (χ3n) is 5.30. The first kappa shape index (κ1) is 18.9. The minimum atomic E-state index is -0.258. The van der Waals surface area contributed by atoms with E-state index in [9.17, 15) is 9.59 Å². The Morgan fingerprint density at radius 1 is 1.27 bits per heavy atom. The van der Waals surface area contributed by atoms with E-state index in [1.807, 2.05) is 35.2 Å². The lowest BCUT2D eigenvalue weighted by molar-refractivity contribution is -0.134. The fourth-order valence-corrected chi connectivity index (χ4v) is 3.74. The molecule has 2 N–H and O–H groups in total. The van der Waals surface area contributed by atoms with Gasteiger partial charge in [-0.1, -0.05) is 37.3 Å². The molecule has 2 atom stereocenters. The monoisotopic (exact) mass is 359 g/mol. The Morgan fingerprint density at radius 3 is 2.62 bits per heavy atom. The van der Waals surface area contributed by atoms with Crippen LogP contribution < -0.4 is 10.6 Å². The number of morpholine rings is 1. The Hall–Kier alpha value is -1.92. The number of benzene rings is 1. The van der Waals surface area contributed by atoms with Crippen molar-refractivity contribution in [3.05, 3.63) is 35.9 Å². The number of amides is 2. The number of carbonyl (C=O) groups excluding carboxylic acids is 2. The maximum atomic E-state index is 12.9. The number of piperidine rings is 1. The zero-order valence-corrected chi connectivity index (χ0v) is 15.4. The Kier molecular flexibility index (Phi) is 6.63. The zero-order valence-electron chi connectivity index (χ0n) is 15.4. The molecule has 0 spiro atoms. The Balaban J connectivity index is 1.49. The van der Waals surface area contributed by atoms with E-state index in [2.05, 4.69) is 17.6 Å². The summed E-state index contributed by atoms with van der Waals surface area (Å²) in [7, 11) is 0. The number of carbonyl (C=O) groups is 2. The average molecular weight is 359 g/mol. The molecule has 0 saturated carbocycles. The van der Waals surface area contributed by atoms with Crippen LogP contribution in [0, 0.1) is 0 Å². The van der Waals surface area contributed by atoms with Crippen molar-refractivity contribution in [1.29, 1.82) is 0 Å². The zero-order chi connectivity index (χ0) is 18.4. The molecule has 1 aromatic carbocycles. The minimum Gasteiger partial charge on any atom is -0.378 e. The van der Waals surface area contributed by atoms with Gasteiger partial charge in [0.05, 0.1) is 19.1 Å². The van der Waals surface area contributed by atoms with Crippen LogP contribution in [0.25, 0.3) is 0 Å². The smallest absolute Gasteiger partial charge is 0.239 e. The van der Waals surface area contributed by atoms with Crippen LogP contribution in [0.1, 0.15) is 37.7 Å². The number of nitrogens with one attached hydrogen (secondary N) is 2. The molecule has 0 aromatic heterocycles. The lowest BCUT2D eigenvalue weighted by atomic mass is 9.93. The molecular weight excluding hydrogens is 330 g/mol. The van der Waals surface area contributed by atoms with Gasteiger partial charge in [0.1, 0.15) is 6.04 Å². The number of rotatable bonds is 5. The first-order valence-electron chi connectivity index (χ1n) is 9.64. The molecule has 2 aliphatic heterocycles. The molecule has 142 valence electrons. The molecule has 2 heterocycles. The molecule has 0 bridgehead atoms. The molecule has 2 unspecified atom stereocenters. The highest BCUT2D eigenvalue weighted by molar-refractivity contribution is 5.84. The van der Waals surface area contributed by atoms with Crippen LogP contribution in [0.5, 0.6) is 0 Å². The highest BCUT2D eigenvalue weighted by Gasteiger charge is 2.30. The molecule has 2 saturated heterocycles. The maximum absolute atomic E-state index is 12.9. The van der Waals surface area contributed by atoms with E-state index in [4.69, 9.17) is 4.74 Å². The summed E-state index contributed by atoms with van der Waals surface area (Å²) in [6.45, 7) is 5.25. The standard InChI is InChI=1S/C20H29N3O3/c1-2-17(15-6-4-3-5-7-15)20(25)23-11-8-16(9-12-23)22-19(24)18-14-26-13-10-21-18/h3-7,16-18,21H,2,8-14H2,1H3,(H,22,24). The van der Waals surface area contributed by atoms with Gasteiger partial charge >= 0.3 is 0 Å². The molecule has 2 aliphatic rings. The maximum Gasteiger partial charge on any atom is 0.239 e. The molecule has 6 heteroatoms. The highest BCUT2D eigenvalue weighted by atomic mass is 16.5. The Bertz CT molecular complexity index is 594. The van der Waals surface area contributed by atoms with Crippen LogP contribution in [-0.2, 0) is 14.3 Å². The number of ether oxygens (including phenoxy) is 1. The van der Waals surface area contributed by atoms with Crippen LogP contribution in [0.2, 0.25) is 0 Å². The first-order valence-corrected chi connectivity index (χ1v) is 9.64. The predicted molar refractivity (Wildman–Crippen MR) is 99.8 cm³/mol. The summed E-state index contributed by atoms with van der Waals surface area (Å²) in [5.74, 6) is 0.127. The fraction of sp³-hybridized carbons (Fsp3) is 0.600. The van der Waals surface area contributed by atoms with Gasteiger partial charge in [0.25, 0.3) is 0 Å². The van der Waals surface area contributed by atoms with Crippen molar-refractivity contribution < 1.29 is 14.3 Å². The minimum absolute atomic E-state index is 0.00481. The van der Waals surface area contributed by atoms with Gasteiger partial charge in [-0.05, 0) is 24.8 Å². The first-order chi connectivity index (χ1) is 12.7. The van der Waals surface area contributed by atoms with Crippen molar-refractivity contribution in [2.45, 2.75) is 44.2 Å². The third kappa shape index (κ3) is 4.62. The van der Waals surface area contributed by atoms with Crippen LogP contribution in [0.3, 0.4) is 0 Å². The van der Waals surface area contributed by atoms with Gasteiger partial charge in [-0.2, -0.15) is 0 Å². The van der Waals surface area contributed by atoms with E-state index >= 15 is 0 Å². The SMILES string of the molecule is CCC(C(=O)N1CCC(NC(=O)C2COCCN2)CC1)c1ccccc1. The summed E-state index contributed by atoms with van der Waals surface area (Å²) in [5.41, 5.74) is 1.08. The number of hydrogen-bond acceptors (Lipinski definition) is 4.